The fraction of sp³-hybridized carbons (Fsp3) is 0.714. The highest BCUT2D eigenvalue weighted by Crippen LogP contribution is 2.18. The van der Waals surface area contributed by atoms with Crippen molar-refractivity contribution in [2.75, 3.05) is 7.05 Å². The van der Waals surface area contributed by atoms with E-state index in [1.54, 1.807) is 7.05 Å². The van der Waals surface area contributed by atoms with Crippen LogP contribution in [0.2, 0.25) is 0 Å². The molecule has 0 aromatic rings. The van der Waals surface area contributed by atoms with Crippen molar-refractivity contribution in [3.8, 4) is 0 Å². The van der Waals surface area contributed by atoms with Crippen molar-refractivity contribution in [3.05, 3.63) is 0 Å². The maximum Gasteiger partial charge on any atom is 0.245 e. The monoisotopic (exact) mass is 155 g/mol. The number of nitrogens with zero attached hydrogens (tertiary/aromatic N) is 2. The lowest BCUT2D eigenvalue weighted by atomic mass is 9.93. The molecule has 1 aliphatic heterocycles. The second-order valence-electron chi connectivity index (χ2n) is 2.96. The Kier molecular flexibility index (Phi) is 1.85. The Morgan fingerprint density at radius 3 is 2.55 bits per heavy atom. The summed E-state index contributed by atoms with van der Waals surface area (Å²) in [6.45, 7) is 3.78. The highest BCUT2D eigenvalue weighted by molar-refractivity contribution is 5.93. The Balaban J connectivity index is 2.92. The predicted molar refractivity (Wildman–Crippen MR) is 42.7 cm³/mol. The van der Waals surface area contributed by atoms with Gasteiger partial charge in [-0.1, -0.05) is 13.8 Å². The molecule has 0 spiro atoms. The van der Waals surface area contributed by atoms with E-state index in [1.165, 1.54) is 5.01 Å². The third-order valence-corrected chi connectivity index (χ3v) is 2.19. The van der Waals surface area contributed by atoms with Crippen molar-refractivity contribution in [2.45, 2.75) is 13.8 Å². The van der Waals surface area contributed by atoms with E-state index in [2.05, 4.69) is 5.10 Å². The summed E-state index contributed by atoms with van der Waals surface area (Å²) in [5, 5.41) is 5.18. The van der Waals surface area contributed by atoms with E-state index >= 15 is 0 Å². The van der Waals surface area contributed by atoms with E-state index in [0.717, 1.165) is 0 Å². The maximum atomic E-state index is 11.2. The molecule has 2 N–H and O–H groups in total. The largest absolute Gasteiger partial charge is 0.385 e. The molecule has 2 unspecified atom stereocenters. The van der Waals surface area contributed by atoms with Crippen LogP contribution in [0.5, 0.6) is 0 Å². The van der Waals surface area contributed by atoms with Crippen LogP contribution in [0.15, 0.2) is 5.10 Å². The zero-order valence-corrected chi connectivity index (χ0v) is 7.03. The summed E-state index contributed by atoms with van der Waals surface area (Å²) in [6.07, 6.45) is 0. The van der Waals surface area contributed by atoms with Gasteiger partial charge in [0.15, 0.2) is 0 Å². The highest BCUT2D eigenvalue weighted by atomic mass is 16.2. The molecule has 1 amide bonds. The summed E-state index contributed by atoms with van der Waals surface area (Å²) < 4.78 is 0. The molecule has 62 valence electrons. The van der Waals surface area contributed by atoms with Gasteiger partial charge in [-0.15, -0.1) is 0 Å². The van der Waals surface area contributed by atoms with Crippen LogP contribution in [0.1, 0.15) is 13.8 Å². The van der Waals surface area contributed by atoms with E-state index < -0.39 is 0 Å². The minimum absolute atomic E-state index is 0.0340. The zero-order valence-electron chi connectivity index (χ0n) is 7.03. The summed E-state index contributed by atoms with van der Waals surface area (Å²) in [4.78, 5) is 11.2. The van der Waals surface area contributed by atoms with Crippen molar-refractivity contribution in [3.63, 3.8) is 0 Å². The number of carbonyl (C=O) groups excluding carboxylic acids is 1. The van der Waals surface area contributed by atoms with Crippen LogP contribution in [0.3, 0.4) is 0 Å². The first kappa shape index (κ1) is 8.04. The first-order valence-corrected chi connectivity index (χ1v) is 3.65. The van der Waals surface area contributed by atoms with Crippen molar-refractivity contribution >= 4 is 11.7 Å². The van der Waals surface area contributed by atoms with Crippen molar-refractivity contribution in [2.24, 2.45) is 22.7 Å². The van der Waals surface area contributed by atoms with Gasteiger partial charge in [0.25, 0.3) is 0 Å². The van der Waals surface area contributed by atoms with Gasteiger partial charge in [0.1, 0.15) is 5.84 Å². The molecule has 0 aliphatic carbocycles. The average Bonchev–Trinajstić information content (AvgIpc) is 1.97. The maximum absolute atomic E-state index is 11.2. The molecule has 0 fully saturated rings. The zero-order chi connectivity index (χ0) is 8.59. The summed E-state index contributed by atoms with van der Waals surface area (Å²) >= 11 is 0. The normalized spacial score (nSPS) is 32.1. The Morgan fingerprint density at radius 2 is 2.00 bits per heavy atom. The first-order valence-electron chi connectivity index (χ1n) is 3.65. The topological polar surface area (TPSA) is 58.7 Å². The van der Waals surface area contributed by atoms with E-state index in [9.17, 15) is 4.79 Å². The lowest BCUT2D eigenvalue weighted by molar-refractivity contribution is -0.135. The molecule has 0 aromatic heterocycles. The molecule has 0 aromatic carbocycles. The van der Waals surface area contributed by atoms with Crippen LogP contribution >= 0.6 is 0 Å². The van der Waals surface area contributed by atoms with Gasteiger partial charge in [-0.05, 0) is 0 Å². The molecule has 4 heteroatoms. The van der Waals surface area contributed by atoms with Crippen LogP contribution in [0, 0.1) is 11.8 Å². The molecule has 1 aliphatic rings. The van der Waals surface area contributed by atoms with Gasteiger partial charge in [0.2, 0.25) is 5.91 Å². The molecular formula is C7H13N3O. The second kappa shape index (κ2) is 2.53. The van der Waals surface area contributed by atoms with Crippen molar-refractivity contribution < 1.29 is 4.79 Å². The van der Waals surface area contributed by atoms with Gasteiger partial charge in [-0.3, -0.25) is 4.79 Å². The molecule has 0 saturated heterocycles. The number of rotatable bonds is 0. The number of carbonyl (C=O) groups is 1. The Bertz CT molecular complexity index is 212. The molecule has 0 saturated carbocycles. The lowest BCUT2D eigenvalue weighted by Crippen LogP contribution is -2.43. The van der Waals surface area contributed by atoms with E-state index in [0.29, 0.717) is 5.84 Å². The number of nitrogens with two attached hydrogens (primary N) is 1. The Hall–Kier alpha value is -1.06. The van der Waals surface area contributed by atoms with E-state index in [1.807, 2.05) is 13.8 Å². The van der Waals surface area contributed by atoms with Crippen molar-refractivity contribution in [1.29, 1.82) is 0 Å². The summed E-state index contributed by atoms with van der Waals surface area (Å²) in [6, 6.07) is 0. The van der Waals surface area contributed by atoms with Crippen LogP contribution in [0.4, 0.5) is 0 Å². The minimum atomic E-state index is -0.0440. The van der Waals surface area contributed by atoms with Crippen LogP contribution in [0.25, 0.3) is 0 Å². The summed E-state index contributed by atoms with van der Waals surface area (Å²) in [5.74, 6) is 0.600. The van der Waals surface area contributed by atoms with Gasteiger partial charge >= 0.3 is 0 Å². The third kappa shape index (κ3) is 1.20. The number of hydrogen-bond acceptors (Lipinski definition) is 3. The average molecular weight is 155 g/mol. The van der Waals surface area contributed by atoms with Gasteiger partial charge in [0.05, 0.1) is 0 Å². The SMILES string of the molecule is CC1C(=O)N(C)N=C(N)C1C. The smallest absolute Gasteiger partial charge is 0.245 e. The molecule has 11 heavy (non-hydrogen) atoms. The predicted octanol–water partition coefficient (Wildman–Crippen LogP) is 0.00280. The van der Waals surface area contributed by atoms with Crippen LogP contribution in [-0.4, -0.2) is 23.8 Å². The quantitative estimate of drug-likeness (QED) is 0.535. The molecule has 0 bridgehead atoms. The van der Waals surface area contributed by atoms with E-state index in [4.69, 9.17) is 5.73 Å². The number of hydrogen-bond donors (Lipinski definition) is 1. The van der Waals surface area contributed by atoms with Crippen LogP contribution in [-0.2, 0) is 4.79 Å². The van der Waals surface area contributed by atoms with Gasteiger partial charge in [0, 0.05) is 18.9 Å². The van der Waals surface area contributed by atoms with Gasteiger partial charge < -0.3 is 5.73 Å². The number of hydrazone groups is 1. The van der Waals surface area contributed by atoms with Gasteiger partial charge in [-0.25, -0.2) is 5.01 Å². The number of amides is 1. The lowest BCUT2D eigenvalue weighted by Gasteiger charge is -2.27. The highest BCUT2D eigenvalue weighted by Gasteiger charge is 2.30. The molecular weight excluding hydrogens is 142 g/mol. The molecule has 2 atom stereocenters. The van der Waals surface area contributed by atoms with Crippen molar-refractivity contribution in [1.82, 2.24) is 5.01 Å². The molecule has 1 rings (SSSR count). The third-order valence-electron chi connectivity index (χ3n) is 2.19. The standard InChI is InChI=1S/C7H13N3O/c1-4-5(2)7(11)10(3)9-6(4)8/h4-5H,1-3H3,(H2,8,9). The minimum Gasteiger partial charge on any atom is -0.385 e. The fourth-order valence-corrected chi connectivity index (χ4v) is 1.08. The summed E-state index contributed by atoms with van der Waals surface area (Å²) in [7, 11) is 1.62. The molecule has 1 heterocycles. The fourth-order valence-electron chi connectivity index (χ4n) is 1.08. The van der Waals surface area contributed by atoms with Crippen LogP contribution < -0.4 is 5.73 Å². The Labute approximate surface area is 66.0 Å². The Morgan fingerprint density at radius 1 is 1.45 bits per heavy atom. The first-order chi connectivity index (χ1) is 5.04. The van der Waals surface area contributed by atoms with E-state index in [-0.39, 0.29) is 17.7 Å². The van der Waals surface area contributed by atoms with Gasteiger partial charge in [-0.2, -0.15) is 5.10 Å². The second-order valence-corrected chi connectivity index (χ2v) is 2.96. The molecule has 4 nitrogen and oxygen atoms in total. The number of amidine groups is 1. The molecule has 0 radical (unpaired) electrons. The summed E-state index contributed by atoms with van der Waals surface area (Å²) in [5.41, 5.74) is 5.58.